The molecule has 142 valence electrons. The fourth-order valence-electron chi connectivity index (χ4n) is 3.71. The summed E-state index contributed by atoms with van der Waals surface area (Å²) in [7, 11) is 1.60. The van der Waals surface area contributed by atoms with Crippen LogP contribution in [0, 0.1) is 0 Å². The van der Waals surface area contributed by atoms with Gasteiger partial charge in [-0.25, -0.2) is 0 Å². The van der Waals surface area contributed by atoms with Gasteiger partial charge in [-0.3, -0.25) is 14.3 Å². The van der Waals surface area contributed by atoms with E-state index in [1.54, 1.807) is 41.2 Å². The van der Waals surface area contributed by atoms with Gasteiger partial charge in [-0.1, -0.05) is 0 Å². The molecule has 2 aliphatic rings. The van der Waals surface area contributed by atoms with Gasteiger partial charge >= 0.3 is 0 Å². The first-order valence-corrected chi connectivity index (χ1v) is 9.45. The molecule has 7 nitrogen and oxygen atoms in total. The number of piperazine rings is 1. The van der Waals surface area contributed by atoms with Crippen molar-refractivity contribution in [2.45, 2.75) is 25.8 Å². The summed E-state index contributed by atoms with van der Waals surface area (Å²) in [5.74, 6) is 0.681. The van der Waals surface area contributed by atoms with Crippen LogP contribution in [0.2, 0.25) is 0 Å². The van der Waals surface area contributed by atoms with E-state index in [4.69, 9.17) is 4.74 Å². The minimum atomic E-state index is -0.0338. The minimum absolute atomic E-state index is 0.0118. The van der Waals surface area contributed by atoms with Crippen molar-refractivity contribution in [2.75, 3.05) is 33.3 Å². The number of rotatable bonds is 3. The zero-order chi connectivity index (χ0) is 18.8. The smallest absolute Gasteiger partial charge is 0.274 e. The lowest BCUT2D eigenvalue weighted by atomic mass is 10.1. The first-order valence-electron chi connectivity index (χ1n) is 9.45. The Bertz CT molecular complexity index is 812. The van der Waals surface area contributed by atoms with Gasteiger partial charge in [0.2, 0.25) is 0 Å². The largest absolute Gasteiger partial charge is 0.497 e. The highest BCUT2D eigenvalue weighted by molar-refractivity contribution is 5.95. The van der Waals surface area contributed by atoms with Crippen molar-refractivity contribution < 1.29 is 14.3 Å². The molecule has 3 heterocycles. The van der Waals surface area contributed by atoms with Crippen LogP contribution >= 0.6 is 0 Å². The number of nitrogens with zero attached hydrogens (tertiary/aromatic N) is 4. The lowest BCUT2D eigenvalue weighted by Gasteiger charge is -2.34. The van der Waals surface area contributed by atoms with Crippen molar-refractivity contribution >= 4 is 11.8 Å². The van der Waals surface area contributed by atoms with Crippen LogP contribution in [0.15, 0.2) is 30.3 Å². The first kappa shape index (κ1) is 17.6. The Kier molecular flexibility index (Phi) is 4.83. The van der Waals surface area contributed by atoms with Gasteiger partial charge in [-0.05, 0) is 49.6 Å². The minimum Gasteiger partial charge on any atom is -0.497 e. The maximum Gasteiger partial charge on any atom is 0.274 e. The maximum absolute atomic E-state index is 12.8. The van der Waals surface area contributed by atoms with Crippen LogP contribution in [0.3, 0.4) is 0 Å². The number of benzene rings is 1. The molecule has 2 aliphatic heterocycles. The van der Waals surface area contributed by atoms with Crippen LogP contribution in [0.25, 0.3) is 0 Å². The highest BCUT2D eigenvalue weighted by Crippen LogP contribution is 2.18. The van der Waals surface area contributed by atoms with Crippen molar-refractivity contribution in [3.63, 3.8) is 0 Å². The summed E-state index contributed by atoms with van der Waals surface area (Å²) in [6.45, 7) is 3.02. The number of aryl methyl sites for hydroxylation is 2. The number of amides is 2. The van der Waals surface area contributed by atoms with E-state index >= 15 is 0 Å². The molecule has 2 aromatic rings. The second kappa shape index (κ2) is 7.42. The zero-order valence-corrected chi connectivity index (χ0v) is 15.6. The van der Waals surface area contributed by atoms with Crippen molar-refractivity contribution in [3.05, 3.63) is 47.3 Å². The third-order valence-corrected chi connectivity index (χ3v) is 5.33. The van der Waals surface area contributed by atoms with Crippen LogP contribution in [-0.4, -0.2) is 64.7 Å². The second-order valence-electron chi connectivity index (χ2n) is 7.01. The summed E-state index contributed by atoms with van der Waals surface area (Å²) in [5.41, 5.74) is 2.32. The Morgan fingerprint density at radius 3 is 2.22 bits per heavy atom. The molecule has 0 N–H and O–H groups in total. The van der Waals surface area contributed by atoms with Gasteiger partial charge in [-0.2, -0.15) is 5.10 Å². The predicted molar refractivity (Wildman–Crippen MR) is 100.0 cm³/mol. The zero-order valence-electron chi connectivity index (χ0n) is 15.6. The number of ether oxygens (including phenoxy) is 1. The number of carbonyl (C=O) groups excluding carboxylic acids is 2. The topological polar surface area (TPSA) is 67.7 Å². The maximum atomic E-state index is 12.8. The average Bonchev–Trinajstić information content (AvgIpc) is 3.17. The van der Waals surface area contributed by atoms with Crippen molar-refractivity contribution in [3.8, 4) is 5.75 Å². The second-order valence-corrected chi connectivity index (χ2v) is 7.01. The molecule has 0 unspecified atom stereocenters. The molecule has 1 aromatic carbocycles. The number of methoxy groups -OCH3 is 1. The van der Waals surface area contributed by atoms with Crippen molar-refractivity contribution in [1.82, 2.24) is 19.6 Å². The van der Waals surface area contributed by atoms with Gasteiger partial charge in [0, 0.05) is 44.0 Å². The van der Waals surface area contributed by atoms with Crippen LogP contribution < -0.4 is 4.74 Å². The monoisotopic (exact) mass is 368 g/mol. The molecule has 2 amide bonds. The van der Waals surface area contributed by atoms with Crippen molar-refractivity contribution in [2.24, 2.45) is 0 Å². The molecule has 4 rings (SSSR count). The van der Waals surface area contributed by atoms with E-state index in [1.165, 1.54) is 0 Å². The molecule has 27 heavy (non-hydrogen) atoms. The SMILES string of the molecule is COc1ccc(C(=O)N2CCN(C(=O)c3cc4n(n3)CCCC4)CC2)cc1. The third kappa shape index (κ3) is 3.54. The van der Waals surface area contributed by atoms with Gasteiger partial charge in [0.1, 0.15) is 5.75 Å². The lowest BCUT2D eigenvalue weighted by Crippen LogP contribution is -2.50. The number of aromatic nitrogens is 2. The Balaban J connectivity index is 1.37. The number of hydrogen-bond donors (Lipinski definition) is 0. The van der Waals surface area contributed by atoms with Gasteiger partial charge in [-0.15, -0.1) is 0 Å². The average molecular weight is 368 g/mol. The normalized spacial score (nSPS) is 16.8. The van der Waals surface area contributed by atoms with E-state index in [9.17, 15) is 9.59 Å². The van der Waals surface area contributed by atoms with E-state index in [-0.39, 0.29) is 11.8 Å². The summed E-state index contributed by atoms with van der Waals surface area (Å²) in [5, 5.41) is 4.48. The Morgan fingerprint density at radius 2 is 1.59 bits per heavy atom. The molecule has 0 spiro atoms. The molecule has 0 saturated carbocycles. The summed E-state index contributed by atoms with van der Waals surface area (Å²) < 4.78 is 7.09. The number of carbonyl (C=O) groups is 2. The quantitative estimate of drug-likeness (QED) is 0.829. The highest BCUT2D eigenvalue weighted by atomic mass is 16.5. The van der Waals surface area contributed by atoms with Crippen LogP contribution in [0.1, 0.15) is 39.4 Å². The van der Waals surface area contributed by atoms with Crippen LogP contribution in [0.4, 0.5) is 0 Å². The molecule has 1 saturated heterocycles. The first-order chi connectivity index (χ1) is 13.2. The molecule has 0 radical (unpaired) electrons. The summed E-state index contributed by atoms with van der Waals surface area (Å²) in [4.78, 5) is 29.0. The highest BCUT2D eigenvalue weighted by Gasteiger charge is 2.27. The Labute approximate surface area is 158 Å². The molecule has 0 aliphatic carbocycles. The summed E-state index contributed by atoms with van der Waals surface area (Å²) >= 11 is 0. The molecule has 7 heteroatoms. The van der Waals surface area contributed by atoms with Gasteiger partial charge in [0.25, 0.3) is 11.8 Å². The van der Waals surface area contributed by atoms with Gasteiger partial charge in [0.15, 0.2) is 5.69 Å². The molecular weight excluding hydrogens is 344 g/mol. The number of fused-ring (bicyclic) bond motifs is 1. The van der Waals surface area contributed by atoms with Crippen molar-refractivity contribution in [1.29, 1.82) is 0 Å². The van der Waals surface area contributed by atoms with E-state index in [0.29, 0.717) is 37.4 Å². The van der Waals surface area contributed by atoms with Gasteiger partial charge < -0.3 is 14.5 Å². The Morgan fingerprint density at radius 1 is 0.926 bits per heavy atom. The Hall–Kier alpha value is -2.83. The number of hydrogen-bond acceptors (Lipinski definition) is 4. The molecule has 0 atom stereocenters. The predicted octanol–water partition coefficient (Wildman–Crippen LogP) is 1.83. The standard InChI is InChI=1S/C20H24N4O3/c1-27-17-7-5-15(6-8-17)19(25)22-10-12-23(13-11-22)20(26)18-14-16-4-2-3-9-24(16)21-18/h5-8,14H,2-4,9-13H2,1H3. The fraction of sp³-hybridized carbons (Fsp3) is 0.450. The van der Waals surface area contributed by atoms with E-state index < -0.39 is 0 Å². The van der Waals surface area contributed by atoms with E-state index in [0.717, 1.165) is 37.3 Å². The summed E-state index contributed by atoms with van der Waals surface area (Å²) in [6, 6.07) is 9.04. The molecular formula is C20H24N4O3. The van der Waals surface area contributed by atoms with Crippen LogP contribution in [-0.2, 0) is 13.0 Å². The van der Waals surface area contributed by atoms with Crippen LogP contribution in [0.5, 0.6) is 5.75 Å². The molecule has 0 bridgehead atoms. The van der Waals surface area contributed by atoms with E-state index in [1.807, 2.05) is 10.7 Å². The van der Waals surface area contributed by atoms with E-state index in [2.05, 4.69) is 5.10 Å². The molecule has 1 fully saturated rings. The third-order valence-electron chi connectivity index (χ3n) is 5.33. The van der Waals surface area contributed by atoms with Gasteiger partial charge in [0.05, 0.1) is 7.11 Å². The lowest BCUT2D eigenvalue weighted by molar-refractivity contribution is 0.0531. The molecule has 1 aromatic heterocycles. The fourth-order valence-corrected chi connectivity index (χ4v) is 3.71. The summed E-state index contributed by atoms with van der Waals surface area (Å²) in [6.07, 6.45) is 3.27.